The summed E-state index contributed by atoms with van der Waals surface area (Å²) in [4.78, 5) is 10.7. The van der Waals surface area contributed by atoms with Crippen LogP contribution in [-0.4, -0.2) is 38.2 Å². The van der Waals surface area contributed by atoms with Crippen molar-refractivity contribution in [2.75, 3.05) is 18.4 Å². The van der Waals surface area contributed by atoms with Gasteiger partial charge in [0.2, 0.25) is 0 Å². The van der Waals surface area contributed by atoms with E-state index in [1.807, 2.05) is 43.9 Å². The number of hydrogen-bond donors (Lipinski definition) is 2. The molecule has 0 radical (unpaired) electrons. The van der Waals surface area contributed by atoms with E-state index < -0.39 is 11.7 Å². The highest BCUT2D eigenvalue weighted by Gasteiger charge is 2.33. The number of alkyl halides is 3. The van der Waals surface area contributed by atoms with Crippen LogP contribution in [0.5, 0.6) is 0 Å². The van der Waals surface area contributed by atoms with Crippen LogP contribution in [-0.2, 0) is 19.3 Å². The fourth-order valence-corrected chi connectivity index (χ4v) is 4.04. The Labute approximate surface area is 214 Å². The maximum absolute atomic E-state index is 13.8. The van der Waals surface area contributed by atoms with Crippen molar-refractivity contribution in [2.45, 2.75) is 46.5 Å². The highest BCUT2D eigenvalue weighted by atomic mass is 19.4. The summed E-state index contributed by atoms with van der Waals surface area (Å²) in [7, 11) is 0. The molecule has 4 rings (SSSR count). The van der Waals surface area contributed by atoms with Gasteiger partial charge in [0.25, 0.3) is 0 Å². The molecule has 9 heteroatoms. The van der Waals surface area contributed by atoms with Crippen molar-refractivity contribution in [1.82, 2.24) is 25.1 Å². The van der Waals surface area contributed by atoms with Crippen molar-refractivity contribution in [2.24, 2.45) is 0 Å². The van der Waals surface area contributed by atoms with Crippen LogP contribution in [0.1, 0.15) is 53.8 Å². The number of H-pyrrole nitrogens is 1. The predicted molar refractivity (Wildman–Crippen MR) is 139 cm³/mol. The molecular formula is C28H29F3N6. The van der Waals surface area contributed by atoms with Gasteiger partial charge >= 0.3 is 6.18 Å². The second kappa shape index (κ2) is 11.4. The molecule has 0 saturated heterocycles. The first kappa shape index (κ1) is 26.2. The standard InChI is InChI=1S/C28H29F3N6/c1-4-12-37(5-2)18-22-9-10-23(14-25(22)28(29,30)31)32-15-20-7-6-19(3)21(13-20)8-11-24-16-33-27-26(35-24)17-34-36-27/h6-7,9-10,13-14,16-17,32H,4-5,12,15,18H2,1-3H3,(H,33,34,36). The average molecular weight is 507 g/mol. The monoisotopic (exact) mass is 506 g/mol. The third-order valence-electron chi connectivity index (χ3n) is 6.08. The van der Waals surface area contributed by atoms with E-state index in [-0.39, 0.29) is 12.1 Å². The van der Waals surface area contributed by atoms with Crippen LogP contribution in [0.3, 0.4) is 0 Å². The summed E-state index contributed by atoms with van der Waals surface area (Å²) in [5.74, 6) is 6.16. The zero-order valence-corrected chi connectivity index (χ0v) is 21.1. The Morgan fingerprint density at radius 2 is 1.89 bits per heavy atom. The molecule has 2 heterocycles. The number of fused-ring (bicyclic) bond motifs is 1. The Hall–Kier alpha value is -3.90. The zero-order valence-electron chi connectivity index (χ0n) is 21.1. The summed E-state index contributed by atoms with van der Waals surface area (Å²) in [5, 5.41) is 9.80. The molecule has 2 N–H and O–H groups in total. The molecule has 0 amide bonds. The first-order valence-electron chi connectivity index (χ1n) is 12.2. The Morgan fingerprint density at radius 1 is 1.05 bits per heavy atom. The topological polar surface area (TPSA) is 69.7 Å². The number of anilines is 1. The Kier molecular flexibility index (Phi) is 8.09. The lowest BCUT2D eigenvalue weighted by molar-refractivity contribution is -0.138. The van der Waals surface area contributed by atoms with Gasteiger partial charge in [0.15, 0.2) is 5.65 Å². The van der Waals surface area contributed by atoms with Crippen LogP contribution >= 0.6 is 0 Å². The van der Waals surface area contributed by atoms with Gasteiger partial charge in [-0.1, -0.05) is 38.0 Å². The molecule has 0 saturated carbocycles. The number of aromatic amines is 1. The third-order valence-corrected chi connectivity index (χ3v) is 6.08. The van der Waals surface area contributed by atoms with Gasteiger partial charge in [0, 0.05) is 24.3 Å². The second-order valence-electron chi connectivity index (χ2n) is 8.85. The number of nitrogens with zero attached hydrogens (tertiary/aromatic N) is 4. The highest BCUT2D eigenvalue weighted by molar-refractivity contribution is 5.68. The summed E-state index contributed by atoms with van der Waals surface area (Å²) in [6, 6.07) is 10.3. The SMILES string of the molecule is CCCN(CC)Cc1ccc(NCc2ccc(C)c(C#Cc3cnc4[nH]ncc4n3)c2)cc1C(F)(F)F. The lowest BCUT2D eigenvalue weighted by Gasteiger charge is -2.23. The largest absolute Gasteiger partial charge is 0.416 e. The van der Waals surface area contributed by atoms with Gasteiger partial charge in [-0.15, -0.1) is 0 Å². The smallest absolute Gasteiger partial charge is 0.381 e. The summed E-state index contributed by atoms with van der Waals surface area (Å²) in [6.07, 6.45) is -0.358. The van der Waals surface area contributed by atoms with Crippen LogP contribution in [0.15, 0.2) is 48.8 Å². The van der Waals surface area contributed by atoms with Gasteiger partial charge in [-0.3, -0.25) is 10.00 Å². The normalized spacial score (nSPS) is 11.5. The van der Waals surface area contributed by atoms with E-state index in [1.54, 1.807) is 24.5 Å². The number of aromatic nitrogens is 4. The number of hydrogen-bond acceptors (Lipinski definition) is 5. The van der Waals surface area contributed by atoms with Gasteiger partial charge < -0.3 is 5.32 Å². The minimum absolute atomic E-state index is 0.275. The summed E-state index contributed by atoms with van der Waals surface area (Å²) < 4.78 is 41.5. The Balaban J connectivity index is 1.50. The van der Waals surface area contributed by atoms with Crippen molar-refractivity contribution in [3.63, 3.8) is 0 Å². The van der Waals surface area contributed by atoms with E-state index >= 15 is 0 Å². The quantitative estimate of drug-likeness (QED) is 0.290. The minimum atomic E-state index is -4.42. The van der Waals surface area contributed by atoms with Crippen LogP contribution in [0.4, 0.5) is 18.9 Å². The maximum atomic E-state index is 13.8. The van der Waals surface area contributed by atoms with Gasteiger partial charge in [-0.25, -0.2) is 9.97 Å². The molecule has 0 aliphatic heterocycles. The molecule has 37 heavy (non-hydrogen) atoms. The molecule has 6 nitrogen and oxygen atoms in total. The molecule has 4 aromatic rings. The Morgan fingerprint density at radius 3 is 2.65 bits per heavy atom. The zero-order chi connectivity index (χ0) is 26.4. The van der Waals surface area contributed by atoms with Gasteiger partial charge in [0.1, 0.15) is 11.2 Å². The predicted octanol–water partition coefficient (Wildman–Crippen LogP) is 5.92. The summed E-state index contributed by atoms with van der Waals surface area (Å²) >= 11 is 0. The van der Waals surface area contributed by atoms with Crippen molar-refractivity contribution in [3.8, 4) is 11.8 Å². The number of benzene rings is 2. The van der Waals surface area contributed by atoms with E-state index in [2.05, 4.69) is 37.3 Å². The number of halogens is 3. The molecule has 192 valence electrons. The molecule has 2 aromatic carbocycles. The molecule has 0 unspecified atom stereocenters. The highest BCUT2D eigenvalue weighted by Crippen LogP contribution is 2.34. The molecule has 0 aliphatic rings. The molecule has 0 bridgehead atoms. The molecule has 0 aliphatic carbocycles. The van der Waals surface area contributed by atoms with E-state index in [0.29, 0.717) is 35.6 Å². The summed E-state index contributed by atoms with van der Waals surface area (Å²) in [6.45, 7) is 8.05. The fraction of sp³-hybridized carbons (Fsp3) is 0.321. The van der Waals surface area contributed by atoms with E-state index in [4.69, 9.17) is 0 Å². The van der Waals surface area contributed by atoms with Crippen molar-refractivity contribution in [1.29, 1.82) is 0 Å². The van der Waals surface area contributed by atoms with Crippen LogP contribution < -0.4 is 5.32 Å². The van der Waals surface area contributed by atoms with Crippen molar-refractivity contribution in [3.05, 3.63) is 82.3 Å². The summed E-state index contributed by atoms with van der Waals surface area (Å²) in [5.41, 5.74) is 4.59. The lowest BCUT2D eigenvalue weighted by atomic mass is 10.0. The van der Waals surface area contributed by atoms with Gasteiger partial charge in [0.05, 0.1) is 18.0 Å². The van der Waals surface area contributed by atoms with Crippen molar-refractivity contribution >= 4 is 16.9 Å². The first-order chi connectivity index (χ1) is 17.8. The molecule has 2 aromatic heterocycles. The minimum Gasteiger partial charge on any atom is -0.381 e. The first-order valence-corrected chi connectivity index (χ1v) is 12.2. The fourth-order valence-electron chi connectivity index (χ4n) is 4.04. The van der Waals surface area contributed by atoms with Gasteiger partial charge in [-0.2, -0.15) is 18.3 Å². The maximum Gasteiger partial charge on any atom is 0.416 e. The van der Waals surface area contributed by atoms with E-state index in [9.17, 15) is 13.2 Å². The second-order valence-corrected chi connectivity index (χ2v) is 8.85. The van der Waals surface area contributed by atoms with Crippen LogP contribution in [0.25, 0.3) is 11.2 Å². The third kappa shape index (κ3) is 6.66. The van der Waals surface area contributed by atoms with Crippen molar-refractivity contribution < 1.29 is 13.2 Å². The van der Waals surface area contributed by atoms with Crippen LogP contribution in [0.2, 0.25) is 0 Å². The molecular weight excluding hydrogens is 477 g/mol. The van der Waals surface area contributed by atoms with Crippen LogP contribution in [0, 0.1) is 18.8 Å². The lowest BCUT2D eigenvalue weighted by Crippen LogP contribution is -2.25. The molecule has 0 fully saturated rings. The van der Waals surface area contributed by atoms with Gasteiger partial charge in [-0.05, 0) is 67.2 Å². The van der Waals surface area contributed by atoms with E-state index in [1.165, 1.54) is 6.07 Å². The Bertz CT molecular complexity index is 1430. The molecule has 0 spiro atoms. The number of nitrogens with one attached hydrogen (secondary N) is 2. The molecule has 0 atom stereocenters. The number of rotatable bonds is 8. The average Bonchev–Trinajstić information content (AvgIpc) is 3.35. The number of aryl methyl sites for hydroxylation is 1. The van der Waals surface area contributed by atoms with E-state index in [0.717, 1.165) is 29.7 Å².